The average molecular weight is 402 g/mol. The highest BCUT2D eigenvalue weighted by Crippen LogP contribution is 2.41. The van der Waals surface area contributed by atoms with E-state index in [-0.39, 0.29) is 29.2 Å². The number of amides is 1. The number of esters is 1. The number of sulfonamides is 1. The van der Waals surface area contributed by atoms with Gasteiger partial charge in [-0.15, -0.1) is 0 Å². The van der Waals surface area contributed by atoms with E-state index < -0.39 is 10.0 Å². The molecular weight excluding hydrogens is 380 g/mol. The maximum atomic E-state index is 13.0. The molecule has 0 N–H and O–H groups in total. The van der Waals surface area contributed by atoms with Crippen molar-refractivity contribution in [2.45, 2.75) is 24.7 Å². The molecule has 0 spiro atoms. The Labute approximate surface area is 163 Å². The summed E-state index contributed by atoms with van der Waals surface area (Å²) in [6.07, 6.45) is 1.07. The Bertz CT molecular complexity index is 1040. The van der Waals surface area contributed by atoms with Gasteiger partial charge in [0.05, 0.1) is 23.1 Å². The first kappa shape index (κ1) is 18.7. The largest absolute Gasteiger partial charge is 0.466 e. The molecule has 0 aromatic heterocycles. The number of likely N-dealkylation sites (tertiary alicyclic amines) is 1. The second-order valence-corrected chi connectivity index (χ2v) is 8.88. The van der Waals surface area contributed by atoms with E-state index in [2.05, 4.69) is 0 Å². The second-order valence-electron chi connectivity index (χ2n) is 7.05. The molecule has 1 amide bonds. The zero-order valence-corrected chi connectivity index (χ0v) is 16.4. The molecule has 4 rings (SSSR count). The van der Waals surface area contributed by atoms with Crippen molar-refractivity contribution in [3.05, 3.63) is 36.4 Å². The fraction of sp³-hybridized carbons (Fsp3) is 0.400. The third-order valence-electron chi connectivity index (χ3n) is 5.43. The maximum absolute atomic E-state index is 13.0. The van der Waals surface area contributed by atoms with E-state index in [1.807, 2.05) is 12.1 Å². The van der Waals surface area contributed by atoms with E-state index in [9.17, 15) is 18.0 Å². The Morgan fingerprint density at radius 2 is 1.79 bits per heavy atom. The SMILES string of the molecule is CCOC(=O)C1CCN(C(=O)CN2c3cccc4cccc(c34)S2(=O)=O)CC1. The van der Waals surface area contributed by atoms with Crippen LogP contribution < -0.4 is 4.31 Å². The lowest BCUT2D eigenvalue weighted by molar-refractivity contribution is -0.151. The van der Waals surface area contributed by atoms with Crippen LogP contribution in [0.1, 0.15) is 19.8 Å². The van der Waals surface area contributed by atoms with E-state index in [1.54, 1.807) is 36.1 Å². The summed E-state index contributed by atoms with van der Waals surface area (Å²) < 4.78 is 32.2. The molecular formula is C20H22N2O5S. The Kier molecular flexibility index (Phi) is 4.74. The summed E-state index contributed by atoms with van der Waals surface area (Å²) in [5, 5.41) is 1.50. The summed E-state index contributed by atoms with van der Waals surface area (Å²) in [7, 11) is -3.75. The highest BCUT2D eigenvalue weighted by Gasteiger charge is 2.38. The summed E-state index contributed by atoms with van der Waals surface area (Å²) in [4.78, 5) is 26.6. The molecule has 28 heavy (non-hydrogen) atoms. The predicted octanol–water partition coefficient (Wildman–Crippen LogP) is 2.15. The Balaban J connectivity index is 1.51. The van der Waals surface area contributed by atoms with Crippen molar-refractivity contribution in [1.29, 1.82) is 0 Å². The smallest absolute Gasteiger partial charge is 0.309 e. The maximum Gasteiger partial charge on any atom is 0.309 e. The highest BCUT2D eigenvalue weighted by atomic mass is 32.2. The summed E-state index contributed by atoms with van der Waals surface area (Å²) in [5.74, 6) is -0.674. The number of piperidine rings is 1. The van der Waals surface area contributed by atoms with E-state index in [1.165, 1.54) is 4.31 Å². The van der Waals surface area contributed by atoms with Crippen LogP contribution in [-0.2, 0) is 24.3 Å². The van der Waals surface area contributed by atoms with Gasteiger partial charge < -0.3 is 9.64 Å². The summed E-state index contributed by atoms with van der Waals surface area (Å²) in [5.41, 5.74) is 0.544. The number of anilines is 1. The number of ether oxygens (including phenoxy) is 1. The van der Waals surface area contributed by atoms with Gasteiger partial charge in [0.25, 0.3) is 10.0 Å². The van der Waals surface area contributed by atoms with Crippen molar-refractivity contribution < 1.29 is 22.7 Å². The van der Waals surface area contributed by atoms with Crippen LogP contribution in [0.15, 0.2) is 41.3 Å². The fourth-order valence-corrected chi connectivity index (χ4v) is 5.64. The van der Waals surface area contributed by atoms with Crippen molar-refractivity contribution in [2.75, 3.05) is 30.5 Å². The number of nitrogens with zero attached hydrogens (tertiary/aromatic N) is 2. The van der Waals surface area contributed by atoms with E-state index in [0.717, 1.165) is 5.39 Å². The molecule has 0 saturated carbocycles. The molecule has 0 aliphatic carbocycles. The monoisotopic (exact) mass is 402 g/mol. The number of carbonyl (C=O) groups is 2. The van der Waals surface area contributed by atoms with Gasteiger partial charge >= 0.3 is 5.97 Å². The van der Waals surface area contributed by atoms with Crippen LogP contribution in [0, 0.1) is 5.92 Å². The Morgan fingerprint density at radius 3 is 2.46 bits per heavy atom. The van der Waals surface area contributed by atoms with Crippen LogP contribution in [0.25, 0.3) is 10.8 Å². The van der Waals surface area contributed by atoms with Crippen LogP contribution in [-0.4, -0.2) is 51.4 Å². The van der Waals surface area contributed by atoms with Crippen molar-refractivity contribution in [3.8, 4) is 0 Å². The van der Waals surface area contributed by atoms with Crippen LogP contribution in [0.3, 0.4) is 0 Å². The predicted molar refractivity (Wildman–Crippen MR) is 104 cm³/mol. The molecule has 7 nitrogen and oxygen atoms in total. The minimum absolute atomic E-state index is 0.197. The molecule has 148 valence electrons. The van der Waals surface area contributed by atoms with Gasteiger partial charge in [-0.3, -0.25) is 13.9 Å². The van der Waals surface area contributed by atoms with Crippen LogP contribution in [0.2, 0.25) is 0 Å². The third kappa shape index (κ3) is 3.01. The molecule has 1 fully saturated rings. The van der Waals surface area contributed by atoms with Crippen molar-refractivity contribution in [3.63, 3.8) is 0 Å². The lowest BCUT2D eigenvalue weighted by Crippen LogP contribution is -2.46. The third-order valence-corrected chi connectivity index (χ3v) is 7.23. The summed E-state index contributed by atoms with van der Waals surface area (Å²) in [6.45, 7) is 2.73. The van der Waals surface area contributed by atoms with Crippen LogP contribution >= 0.6 is 0 Å². The molecule has 1 saturated heterocycles. The van der Waals surface area contributed by atoms with Crippen molar-refractivity contribution in [1.82, 2.24) is 4.90 Å². The lowest BCUT2D eigenvalue weighted by atomic mass is 9.97. The quantitative estimate of drug-likeness (QED) is 0.732. The van der Waals surface area contributed by atoms with Gasteiger partial charge in [-0.05, 0) is 37.3 Å². The number of hydrogen-bond acceptors (Lipinski definition) is 5. The first-order chi connectivity index (χ1) is 13.4. The number of carbonyl (C=O) groups excluding carboxylic acids is 2. The molecule has 2 aliphatic heterocycles. The first-order valence-corrected chi connectivity index (χ1v) is 10.9. The minimum Gasteiger partial charge on any atom is -0.466 e. The molecule has 0 atom stereocenters. The normalized spacial score (nSPS) is 18.5. The van der Waals surface area contributed by atoms with Crippen molar-refractivity contribution >= 4 is 38.4 Å². The standard InChI is InChI=1S/C20H22N2O5S/c1-2-27-20(24)15-9-11-21(12-10-15)18(23)13-22-16-7-3-5-14-6-4-8-17(19(14)16)28(22,25)26/h3-8,15H,2,9-13H2,1H3. The van der Waals surface area contributed by atoms with Gasteiger partial charge in [-0.25, -0.2) is 8.42 Å². The fourth-order valence-electron chi connectivity index (χ4n) is 3.98. The van der Waals surface area contributed by atoms with Gasteiger partial charge in [0.15, 0.2) is 0 Å². The van der Waals surface area contributed by atoms with E-state index >= 15 is 0 Å². The summed E-state index contributed by atoms with van der Waals surface area (Å²) >= 11 is 0. The van der Waals surface area contributed by atoms with E-state index in [4.69, 9.17) is 4.74 Å². The van der Waals surface area contributed by atoms with Gasteiger partial charge in [0, 0.05) is 18.5 Å². The first-order valence-electron chi connectivity index (χ1n) is 9.42. The highest BCUT2D eigenvalue weighted by molar-refractivity contribution is 7.93. The van der Waals surface area contributed by atoms with Crippen LogP contribution in [0.4, 0.5) is 5.69 Å². The Morgan fingerprint density at radius 1 is 1.11 bits per heavy atom. The zero-order valence-electron chi connectivity index (χ0n) is 15.6. The van der Waals surface area contributed by atoms with E-state index in [0.29, 0.717) is 43.6 Å². The molecule has 0 bridgehead atoms. The molecule has 0 unspecified atom stereocenters. The van der Waals surface area contributed by atoms with Crippen molar-refractivity contribution in [2.24, 2.45) is 5.92 Å². The minimum atomic E-state index is -3.75. The molecule has 8 heteroatoms. The lowest BCUT2D eigenvalue weighted by Gasteiger charge is -2.32. The molecule has 2 aliphatic rings. The van der Waals surface area contributed by atoms with Crippen LogP contribution in [0.5, 0.6) is 0 Å². The van der Waals surface area contributed by atoms with Gasteiger partial charge in [0.2, 0.25) is 5.91 Å². The number of rotatable bonds is 4. The van der Waals surface area contributed by atoms with Gasteiger partial charge in [-0.2, -0.15) is 0 Å². The Hall–Kier alpha value is -2.61. The number of benzene rings is 2. The van der Waals surface area contributed by atoms with Gasteiger partial charge in [-0.1, -0.05) is 24.3 Å². The summed E-state index contributed by atoms with van der Waals surface area (Å²) in [6, 6.07) is 10.6. The second kappa shape index (κ2) is 7.09. The average Bonchev–Trinajstić information content (AvgIpc) is 2.91. The molecule has 2 heterocycles. The molecule has 2 aromatic carbocycles. The zero-order chi connectivity index (χ0) is 19.9. The number of hydrogen-bond donors (Lipinski definition) is 0. The topological polar surface area (TPSA) is 84.0 Å². The molecule has 2 aromatic rings. The molecule has 0 radical (unpaired) electrons. The van der Waals surface area contributed by atoms with Gasteiger partial charge in [0.1, 0.15) is 6.54 Å².